The van der Waals surface area contributed by atoms with Crippen molar-refractivity contribution in [3.63, 3.8) is 0 Å². The van der Waals surface area contributed by atoms with E-state index in [1.165, 1.54) is 24.0 Å². The van der Waals surface area contributed by atoms with Gasteiger partial charge in [0, 0.05) is 24.8 Å². The fourth-order valence-corrected chi connectivity index (χ4v) is 5.10. The van der Waals surface area contributed by atoms with Crippen LogP contribution >= 0.6 is 11.9 Å². The molecule has 1 fully saturated rings. The number of piperidine rings is 1. The monoisotopic (exact) mass is 381 g/mol. The SMILES string of the molecule is CSN1CCC[C@@H](c2cncc(N3C(=O)c4ccc(C)cc4C3(C)C)c2)C1. The second kappa shape index (κ2) is 6.95. The number of aromatic nitrogens is 1. The fraction of sp³-hybridized carbons (Fsp3) is 0.455. The fourth-order valence-electron chi connectivity index (χ4n) is 4.46. The Bertz CT molecular complexity index is 880. The highest BCUT2D eigenvalue weighted by Crippen LogP contribution is 2.42. The molecule has 0 unspecified atom stereocenters. The molecular weight excluding hydrogens is 354 g/mol. The van der Waals surface area contributed by atoms with E-state index in [0.29, 0.717) is 5.92 Å². The lowest BCUT2D eigenvalue weighted by Crippen LogP contribution is -2.39. The number of fused-ring (bicyclic) bond motifs is 1. The van der Waals surface area contributed by atoms with Gasteiger partial charge in [-0.25, -0.2) is 0 Å². The van der Waals surface area contributed by atoms with Gasteiger partial charge in [0.15, 0.2) is 0 Å². The van der Waals surface area contributed by atoms with Crippen LogP contribution in [0.5, 0.6) is 0 Å². The van der Waals surface area contributed by atoms with E-state index in [1.807, 2.05) is 41.4 Å². The zero-order valence-electron chi connectivity index (χ0n) is 16.5. The predicted molar refractivity (Wildman–Crippen MR) is 112 cm³/mol. The van der Waals surface area contributed by atoms with Crippen molar-refractivity contribution in [3.05, 3.63) is 58.9 Å². The first-order chi connectivity index (χ1) is 12.9. The molecule has 1 aromatic heterocycles. The number of carbonyl (C=O) groups excluding carboxylic acids is 1. The van der Waals surface area contributed by atoms with Gasteiger partial charge in [-0.3, -0.25) is 19.0 Å². The molecule has 142 valence electrons. The number of carbonyl (C=O) groups is 1. The lowest BCUT2D eigenvalue weighted by Gasteiger charge is -2.34. The Hall–Kier alpha value is -1.85. The van der Waals surface area contributed by atoms with Crippen molar-refractivity contribution in [3.8, 4) is 0 Å². The van der Waals surface area contributed by atoms with Crippen LogP contribution in [0.4, 0.5) is 5.69 Å². The first kappa shape index (κ1) is 18.5. The van der Waals surface area contributed by atoms with E-state index in [4.69, 9.17) is 0 Å². The highest BCUT2D eigenvalue weighted by atomic mass is 32.2. The van der Waals surface area contributed by atoms with Gasteiger partial charge in [0.05, 0.1) is 17.4 Å². The summed E-state index contributed by atoms with van der Waals surface area (Å²) in [5, 5.41) is 0. The molecular formula is C22H27N3OS. The highest BCUT2D eigenvalue weighted by molar-refractivity contribution is 7.96. The summed E-state index contributed by atoms with van der Waals surface area (Å²) < 4.78 is 2.42. The molecule has 1 saturated heterocycles. The molecule has 3 heterocycles. The molecule has 0 saturated carbocycles. The summed E-state index contributed by atoms with van der Waals surface area (Å²) in [5.41, 5.74) is 4.85. The second-order valence-electron chi connectivity index (χ2n) is 8.13. The Morgan fingerprint density at radius 3 is 2.81 bits per heavy atom. The Balaban J connectivity index is 1.69. The maximum Gasteiger partial charge on any atom is 0.259 e. The normalized spacial score (nSPS) is 22.1. The third kappa shape index (κ3) is 3.17. The minimum atomic E-state index is -0.378. The average molecular weight is 382 g/mol. The lowest BCUT2D eigenvalue weighted by molar-refractivity contribution is 0.0982. The summed E-state index contributed by atoms with van der Waals surface area (Å²) >= 11 is 1.82. The minimum Gasteiger partial charge on any atom is -0.297 e. The summed E-state index contributed by atoms with van der Waals surface area (Å²) in [4.78, 5) is 19.6. The van der Waals surface area contributed by atoms with E-state index >= 15 is 0 Å². The number of amides is 1. The molecule has 5 heteroatoms. The summed E-state index contributed by atoms with van der Waals surface area (Å²) in [6.45, 7) is 8.52. The van der Waals surface area contributed by atoms with Gasteiger partial charge in [-0.1, -0.05) is 29.6 Å². The van der Waals surface area contributed by atoms with Crippen molar-refractivity contribution in [2.24, 2.45) is 0 Å². The standard InChI is InChI=1S/C22H27N3OS/c1-15-7-8-19-20(10-15)22(2,3)25(21(19)26)18-11-17(12-23-13-18)16-6-5-9-24(14-16)27-4/h7-8,10-13,16H,5-6,9,14H2,1-4H3/t16-/m1/s1. The molecule has 4 nitrogen and oxygen atoms in total. The number of benzene rings is 1. The highest BCUT2D eigenvalue weighted by Gasteiger charge is 2.44. The first-order valence-corrected chi connectivity index (χ1v) is 10.8. The molecule has 27 heavy (non-hydrogen) atoms. The Morgan fingerprint density at radius 2 is 2.04 bits per heavy atom. The molecule has 0 spiro atoms. The van der Waals surface area contributed by atoms with Crippen LogP contribution in [-0.4, -0.2) is 34.5 Å². The summed E-state index contributed by atoms with van der Waals surface area (Å²) in [6, 6.07) is 8.30. The number of anilines is 1. The lowest BCUT2D eigenvalue weighted by atomic mass is 9.91. The molecule has 0 N–H and O–H groups in total. The van der Waals surface area contributed by atoms with Crippen LogP contribution in [0.25, 0.3) is 0 Å². The van der Waals surface area contributed by atoms with Gasteiger partial charge in [-0.05, 0) is 69.0 Å². The van der Waals surface area contributed by atoms with Gasteiger partial charge in [0.1, 0.15) is 0 Å². The Labute approximate surface area is 166 Å². The average Bonchev–Trinajstić information content (AvgIpc) is 2.87. The van der Waals surface area contributed by atoms with Gasteiger partial charge < -0.3 is 0 Å². The van der Waals surface area contributed by atoms with E-state index in [9.17, 15) is 4.79 Å². The van der Waals surface area contributed by atoms with Crippen molar-refractivity contribution >= 4 is 23.5 Å². The molecule has 2 aromatic rings. The molecule has 2 aliphatic heterocycles. The summed E-state index contributed by atoms with van der Waals surface area (Å²) in [7, 11) is 0. The second-order valence-corrected chi connectivity index (χ2v) is 9.02. The van der Waals surface area contributed by atoms with Crippen molar-refractivity contribution in [1.29, 1.82) is 0 Å². The molecule has 0 bridgehead atoms. The quantitative estimate of drug-likeness (QED) is 0.720. The number of nitrogens with zero attached hydrogens (tertiary/aromatic N) is 3. The van der Waals surface area contributed by atoms with Crippen LogP contribution in [-0.2, 0) is 5.54 Å². The van der Waals surface area contributed by atoms with Gasteiger partial charge in [0.25, 0.3) is 5.91 Å². The van der Waals surface area contributed by atoms with Crippen LogP contribution in [0.2, 0.25) is 0 Å². The third-order valence-electron chi connectivity index (χ3n) is 5.94. The summed E-state index contributed by atoms with van der Waals surface area (Å²) in [6.07, 6.45) is 8.33. The van der Waals surface area contributed by atoms with E-state index in [-0.39, 0.29) is 11.4 Å². The van der Waals surface area contributed by atoms with Gasteiger partial charge >= 0.3 is 0 Å². The van der Waals surface area contributed by atoms with E-state index < -0.39 is 0 Å². The molecule has 0 aliphatic carbocycles. The largest absolute Gasteiger partial charge is 0.297 e. The zero-order valence-corrected chi connectivity index (χ0v) is 17.3. The van der Waals surface area contributed by atoms with Crippen molar-refractivity contribution in [1.82, 2.24) is 9.29 Å². The van der Waals surface area contributed by atoms with Gasteiger partial charge in [-0.15, -0.1) is 0 Å². The Kier molecular flexibility index (Phi) is 4.77. The molecule has 2 aliphatic rings. The number of rotatable bonds is 3. The van der Waals surface area contributed by atoms with Crippen LogP contribution < -0.4 is 4.90 Å². The van der Waals surface area contributed by atoms with Crippen LogP contribution in [0, 0.1) is 6.92 Å². The maximum absolute atomic E-state index is 13.2. The molecule has 1 aromatic carbocycles. The maximum atomic E-state index is 13.2. The molecule has 1 atom stereocenters. The number of pyridine rings is 1. The zero-order chi connectivity index (χ0) is 19.2. The van der Waals surface area contributed by atoms with Crippen LogP contribution in [0.1, 0.15) is 59.7 Å². The van der Waals surface area contributed by atoms with Gasteiger partial charge in [-0.2, -0.15) is 0 Å². The first-order valence-electron chi connectivity index (χ1n) is 9.61. The number of aryl methyl sites for hydroxylation is 1. The third-order valence-corrected chi connectivity index (χ3v) is 6.79. The van der Waals surface area contributed by atoms with E-state index in [2.05, 4.69) is 48.4 Å². The van der Waals surface area contributed by atoms with Crippen LogP contribution in [0.15, 0.2) is 36.7 Å². The summed E-state index contributed by atoms with van der Waals surface area (Å²) in [5.74, 6) is 0.549. The number of hydrogen-bond acceptors (Lipinski definition) is 4. The Morgan fingerprint density at radius 1 is 1.22 bits per heavy atom. The topological polar surface area (TPSA) is 36.4 Å². The van der Waals surface area contributed by atoms with E-state index in [0.717, 1.165) is 29.9 Å². The molecule has 1 amide bonds. The van der Waals surface area contributed by atoms with Crippen molar-refractivity contribution in [2.45, 2.75) is 45.1 Å². The molecule has 4 rings (SSSR count). The smallest absolute Gasteiger partial charge is 0.259 e. The van der Waals surface area contributed by atoms with Crippen molar-refractivity contribution in [2.75, 3.05) is 24.2 Å². The molecule has 0 radical (unpaired) electrons. The van der Waals surface area contributed by atoms with Gasteiger partial charge in [0.2, 0.25) is 0 Å². The van der Waals surface area contributed by atoms with E-state index in [1.54, 1.807) is 0 Å². The number of hydrogen-bond donors (Lipinski definition) is 0. The minimum absolute atomic E-state index is 0.0725. The van der Waals surface area contributed by atoms with Crippen molar-refractivity contribution < 1.29 is 4.79 Å². The predicted octanol–water partition coefficient (Wildman–Crippen LogP) is 4.74. The van der Waals surface area contributed by atoms with Crippen LogP contribution in [0.3, 0.4) is 0 Å².